The maximum absolute atomic E-state index is 13.8. The van der Waals surface area contributed by atoms with Crippen LogP contribution in [0.1, 0.15) is 22.8 Å². The fraction of sp³-hybridized carbons (Fsp3) is 0.174. The van der Waals surface area contributed by atoms with Gasteiger partial charge in [-0.1, -0.05) is 60.7 Å². The van der Waals surface area contributed by atoms with Crippen LogP contribution in [-0.2, 0) is 16.1 Å². The van der Waals surface area contributed by atoms with Crippen molar-refractivity contribution in [1.82, 2.24) is 0 Å². The lowest BCUT2D eigenvalue weighted by Gasteiger charge is -2.23. The molecule has 3 aromatic rings. The van der Waals surface area contributed by atoms with Gasteiger partial charge in [-0.05, 0) is 29.3 Å². The van der Waals surface area contributed by atoms with Crippen LogP contribution in [-0.4, -0.2) is 23.7 Å². The minimum atomic E-state index is -1.19. The molecule has 0 bridgehead atoms. The van der Waals surface area contributed by atoms with E-state index in [0.29, 0.717) is 23.5 Å². The van der Waals surface area contributed by atoms with Crippen LogP contribution in [0.3, 0.4) is 0 Å². The van der Waals surface area contributed by atoms with Crippen molar-refractivity contribution in [2.75, 3.05) is 6.61 Å². The molecule has 1 unspecified atom stereocenters. The van der Waals surface area contributed by atoms with Gasteiger partial charge in [0.25, 0.3) is 0 Å². The van der Waals surface area contributed by atoms with Crippen molar-refractivity contribution in [2.24, 2.45) is 5.73 Å². The van der Waals surface area contributed by atoms with Crippen molar-refractivity contribution in [3.8, 4) is 5.75 Å². The number of ether oxygens (including phenoxy) is 2. The molecule has 0 spiro atoms. The molecule has 150 valence electrons. The van der Waals surface area contributed by atoms with E-state index in [1.54, 1.807) is 18.2 Å². The highest BCUT2D eigenvalue weighted by atomic mass is 19.1. The Morgan fingerprint density at radius 1 is 1.00 bits per heavy atom. The first kappa shape index (κ1) is 20.5. The highest BCUT2D eigenvalue weighted by Crippen LogP contribution is 2.33. The van der Waals surface area contributed by atoms with Gasteiger partial charge in [-0.3, -0.25) is 4.79 Å². The summed E-state index contributed by atoms with van der Waals surface area (Å²) in [5.74, 6) is -1.02. The van der Waals surface area contributed by atoms with Crippen molar-refractivity contribution in [1.29, 1.82) is 0 Å². The van der Waals surface area contributed by atoms with Gasteiger partial charge in [0.15, 0.2) is 0 Å². The Morgan fingerprint density at radius 2 is 1.72 bits per heavy atom. The summed E-state index contributed by atoms with van der Waals surface area (Å²) >= 11 is 0. The van der Waals surface area contributed by atoms with E-state index < -0.39 is 23.9 Å². The van der Waals surface area contributed by atoms with Crippen LogP contribution in [0, 0.1) is 5.82 Å². The van der Waals surface area contributed by atoms with E-state index in [-0.39, 0.29) is 6.61 Å². The second-order valence-electron chi connectivity index (χ2n) is 6.53. The van der Waals surface area contributed by atoms with Crippen molar-refractivity contribution in [3.05, 3.63) is 101 Å². The number of carboxylic acids is 1. The van der Waals surface area contributed by atoms with Gasteiger partial charge in [-0.25, -0.2) is 4.39 Å². The van der Waals surface area contributed by atoms with Crippen molar-refractivity contribution in [2.45, 2.75) is 18.8 Å². The van der Waals surface area contributed by atoms with Gasteiger partial charge in [0.1, 0.15) is 30.3 Å². The van der Waals surface area contributed by atoms with E-state index in [1.165, 1.54) is 12.1 Å². The third-order valence-corrected chi connectivity index (χ3v) is 4.35. The first-order valence-electron chi connectivity index (χ1n) is 9.15. The molecule has 0 aromatic heterocycles. The first-order valence-corrected chi connectivity index (χ1v) is 9.15. The molecule has 0 radical (unpaired) electrons. The standard InChI is InChI=1S/C23H22FNO4/c24-18-10-6-9-17(13-18)22(29-15-20(25)23(26)27)19-11-4-5-12-21(19)28-14-16-7-2-1-3-8-16/h1-13,20,22H,14-15,25H2,(H,26,27)/t20-,22?/m0/s1. The molecular formula is C23H22FNO4. The van der Waals surface area contributed by atoms with Crippen LogP contribution in [0.2, 0.25) is 0 Å². The lowest BCUT2D eigenvalue weighted by Crippen LogP contribution is -2.35. The van der Waals surface area contributed by atoms with Crippen molar-refractivity contribution in [3.63, 3.8) is 0 Å². The number of hydrogen-bond donors (Lipinski definition) is 2. The summed E-state index contributed by atoms with van der Waals surface area (Å²) < 4.78 is 25.7. The van der Waals surface area contributed by atoms with Gasteiger partial charge in [-0.15, -0.1) is 0 Å². The number of halogens is 1. The Hall–Kier alpha value is -3.22. The molecule has 0 aliphatic rings. The highest BCUT2D eigenvalue weighted by molar-refractivity contribution is 5.73. The Kier molecular flexibility index (Phi) is 6.94. The number of nitrogens with two attached hydrogens (primary N) is 1. The Labute approximate surface area is 168 Å². The topological polar surface area (TPSA) is 81.8 Å². The molecule has 6 heteroatoms. The van der Waals surface area contributed by atoms with Crippen molar-refractivity contribution >= 4 is 5.97 Å². The molecular weight excluding hydrogens is 373 g/mol. The van der Waals surface area contributed by atoms with Gasteiger partial charge in [0.2, 0.25) is 0 Å². The van der Waals surface area contributed by atoms with Gasteiger partial charge >= 0.3 is 5.97 Å². The summed E-state index contributed by atoms with van der Waals surface area (Å²) in [5.41, 5.74) is 7.79. The monoisotopic (exact) mass is 395 g/mol. The Bertz CT molecular complexity index is 948. The molecule has 0 saturated heterocycles. The number of rotatable bonds is 9. The Morgan fingerprint density at radius 3 is 2.45 bits per heavy atom. The van der Waals surface area contributed by atoms with Gasteiger partial charge < -0.3 is 20.3 Å². The van der Waals surface area contributed by atoms with Crippen LogP contribution in [0.5, 0.6) is 5.75 Å². The molecule has 29 heavy (non-hydrogen) atoms. The molecule has 3 N–H and O–H groups in total. The van der Waals surface area contributed by atoms with Gasteiger partial charge in [0.05, 0.1) is 6.61 Å². The number of aliphatic carboxylic acids is 1. The summed E-state index contributed by atoms with van der Waals surface area (Å²) in [5, 5.41) is 9.06. The molecule has 0 aliphatic carbocycles. The van der Waals surface area contributed by atoms with Gasteiger partial charge in [0, 0.05) is 5.56 Å². The number of para-hydroxylation sites is 1. The molecule has 3 rings (SSSR count). The van der Waals surface area contributed by atoms with E-state index in [2.05, 4.69) is 0 Å². The SMILES string of the molecule is N[C@@H](COC(c1cccc(F)c1)c1ccccc1OCc1ccccc1)C(=O)O. The number of carboxylic acid groups (broad SMARTS) is 1. The van der Waals surface area contributed by atoms with E-state index in [9.17, 15) is 9.18 Å². The predicted molar refractivity (Wildman–Crippen MR) is 107 cm³/mol. The minimum absolute atomic E-state index is 0.233. The maximum atomic E-state index is 13.8. The first-order chi connectivity index (χ1) is 14.0. The van der Waals surface area contributed by atoms with E-state index in [0.717, 1.165) is 5.56 Å². The molecule has 0 fully saturated rings. The van der Waals surface area contributed by atoms with Crippen LogP contribution in [0.25, 0.3) is 0 Å². The molecule has 5 nitrogen and oxygen atoms in total. The fourth-order valence-corrected chi connectivity index (χ4v) is 2.87. The van der Waals surface area contributed by atoms with Crippen LogP contribution in [0.4, 0.5) is 4.39 Å². The van der Waals surface area contributed by atoms with Gasteiger partial charge in [-0.2, -0.15) is 0 Å². The molecule has 0 amide bonds. The number of carbonyl (C=O) groups is 1. The summed E-state index contributed by atoms with van der Waals surface area (Å²) in [6.07, 6.45) is -0.733. The second kappa shape index (κ2) is 9.82. The summed E-state index contributed by atoms with van der Waals surface area (Å²) in [4.78, 5) is 11.1. The molecule has 0 saturated carbocycles. The van der Waals surface area contributed by atoms with Crippen LogP contribution >= 0.6 is 0 Å². The molecule has 2 atom stereocenters. The normalized spacial score (nSPS) is 12.9. The fourth-order valence-electron chi connectivity index (χ4n) is 2.87. The summed E-state index contributed by atoms with van der Waals surface area (Å²) in [7, 11) is 0. The largest absolute Gasteiger partial charge is 0.489 e. The smallest absolute Gasteiger partial charge is 0.322 e. The zero-order chi connectivity index (χ0) is 20.6. The average molecular weight is 395 g/mol. The minimum Gasteiger partial charge on any atom is -0.489 e. The molecule has 0 aliphatic heterocycles. The average Bonchev–Trinajstić information content (AvgIpc) is 2.73. The third kappa shape index (κ3) is 5.63. The quantitative estimate of drug-likeness (QED) is 0.574. The molecule has 3 aromatic carbocycles. The predicted octanol–water partition coefficient (Wildman–Crippen LogP) is 3.92. The number of hydrogen-bond acceptors (Lipinski definition) is 4. The van der Waals surface area contributed by atoms with E-state index in [1.807, 2.05) is 48.5 Å². The highest BCUT2D eigenvalue weighted by Gasteiger charge is 2.22. The summed E-state index contributed by atoms with van der Waals surface area (Å²) in [6.45, 7) is 0.117. The van der Waals surface area contributed by atoms with E-state index in [4.69, 9.17) is 20.3 Å². The summed E-state index contributed by atoms with van der Waals surface area (Å²) in [6, 6.07) is 21.7. The van der Waals surface area contributed by atoms with Crippen molar-refractivity contribution < 1.29 is 23.8 Å². The lowest BCUT2D eigenvalue weighted by molar-refractivity contribution is -0.140. The maximum Gasteiger partial charge on any atom is 0.322 e. The van der Waals surface area contributed by atoms with E-state index >= 15 is 0 Å². The number of benzene rings is 3. The second-order valence-corrected chi connectivity index (χ2v) is 6.53. The zero-order valence-electron chi connectivity index (χ0n) is 15.7. The Balaban J connectivity index is 1.89. The zero-order valence-corrected chi connectivity index (χ0v) is 15.7. The van der Waals surface area contributed by atoms with Crippen LogP contribution in [0.15, 0.2) is 78.9 Å². The third-order valence-electron chi connectivity index (χ3n) is 4.35. The molecule has 0 heterocycles. The van der Waals surface area contributed by atoms with Crippen LogP contribution < -0.4 is 10.5 Å². The lowest BCUT2D eigenvalue weighted by atomic mass is 10.00.